The third-order valence-corrected chi connectivity index (χ3v) is 3.99. The van der Waals surface area contributed by atoms with Crippen LogP contribution in [-0.2, 0) is 0 Å². The molecule has 0 bridgehead atoms. The largest absolute Gasteiger partial charge is 0.329 e. The fraction of sp³-hybridized carbons (Fsp3) is 0.143. The first-order valence-electron chi connectivity index (χ1n) is 5.92. The lowest BCUT2D eigenvalue weighted by atomic mass is 10.3. The van der Waals surface area contributed by atoms with E-state index in [1.807, 2.05) is 35.8 Å². The Morgan fingerprint density at radius 1 is 1.26 bits per heavy atom. The second kappa shape index (κ2) is 4.83. The molecule has 0 spiro atoms. The molecule has 0 atom stereocenters. The van der Waals surface area contributed by atoms with Crippen molar-refractivity contribution in [1.29, 1.82) is 0 Å². The van der Waals surface area contributed by atoms with Crippen molar-refractivity contribution in [1.82, 2.24) is 14.5 Å². The number of benzene rings is 1. The number of hydrogen-bond donors (Lipinski definition) is 1. The average molecular weight is 287 g/mol. The van der Waals surface area contributed by atoms with E-state index in [0.29, 0.717) is 4.77 Å². The summed E-state index contributed by atoms with van der Waals surface area (Å²) in [5.74, 6) is 0. The average Bonchev–Trinajstić information content (AvgIpc) is 2.74. The Balaban J connectivity index is 2.32. The zero-order chi connectivity index (χ0) is 13.4. The number of nitrogens with one attached hydrogen (secondary N) is 1. The predicted octanol–water partition coefficient (Wildman–Crippen LogP) is 4.11. The van der Waals surface area contributed by atoms with E-state index in [9.17, 15) is 0 Å². The molecule has 5 heteroatoms. The molecule has 0 amide bonds. The molecule has 3 aromatic rings. The second-order valence-electron chi connectivity index (χ2n) is 4.29. The minimum absolute atomic E-state index is 0.673. The molecule has 19 heavy (non-hydrogen) atoms. The molecule has 0 fully saturated rings. The van der Waals surface area contributed by atoms with E-state index < -0.39 is 0 Å². The third-order valence-electron chi connectivity index (χ3n) is 2.98. The number of H-pyrrole nitrogens is 1. The summed E-state index contributed by atoms with van der Waals surface area (Å²) in [6.07, 6.45) is 2.07. The van der Waals surface area contributed by atoms with E-state index in [4.69, 9.17) is 12.2 Å². The summed E-state index contributed by atoms with van der Waals surface area (Å²) in [6.45, 7) is 1.98. The topological polar surface area (TPSA) is 33.6 Å². The minimum atomic E-state index is 0.673. The summed E-state index contributed by atoms with van der Waals surface area (Å²) in [4.78, 5) is 8.99. The molecular formula is C14H13N3S2. The van der Waals surface area contributed by atoms with E-state index in [1.54, 1.807) is 11.8 Å². The lowest BCUT2D eigenvalue weighted by Gasteiger charge is -2.05. The van der Waals surface area contributed by atoms with E-state index in [0.717, 1.165) is 22.5 Å². The van der Waals surface area contributed by atoms with Gasteiger partial charge in [-0.15, -0.1) is 11.8 Å². The molecule has 0 aliphatic rings. The van der Waals surface area contributed by atoms with Gasteiger partial charge < -0.3 is 4.98 Å². The number of imidazole rings is 1. The maximum Gasteiger partial charge on any atom is 0.183 e. The van der Waals surface area contributed by atoms with Gasteiger partial charge in [-0.25, -0.2) is 4.98 Å². The first-order chi connectivity index (χ1) is 9.19. The van der Waals surface area contributed by atoms with E-state index in [2.05, 4.69) is 28.4 Å². The molecule has 0 aliphatic heterocycles. The van der Waals surface area contributed by atoms with Crippen molar-refractivity contribution >= 4 is 35.1 Å². The normalized spacial score (nSPS) is 11.1. The molecule has 1 N–H and O–H groups in total. The van der Waals surface area contributed by atoms with Gasteiger partial charge in [-0.2, -0.15) is 0 Å². The van der Waals surface area contributed by atoms with Crippen molar-refractivity contribution < 1.29 is 0 Å². The zero-order valence-corrected chi connectivity index (χ0v) is 12.3. The predicted molar refractivity (Wildman–Crippen MR) is 82.8 cm³/mol. The maximum atomic E-state index is 5.42. The number of rotatable bonds is 2. The number of aryl methyl sites for hydroxylation is 1. The summed E-state index contributed by atoms with van der Waals surface area (Å²) in [6, 6.07) is 12.3. The molecule has 3 nitrogen and oxygen atoms in total. The smallest absolute Gasteiger partial charge is 0.183 e. The number of aromatic nitrogens is 3. The lowest BCUT2D eigenvalue weighted by molar-refractivity contribution is 1.03. The molecule has 96 valence electrons. The van der Waals surface area contributed by atoms with Crippen LogP contribution >= 0.6 is 24.0 Å². The Bertz CT molecular complexity index is 802. The highest BCUT2D eigenvalue weighted by Gasteiger charge is 2.08. The van der Waals surface area contributed by atoms with Crippen molar-refractivity contribution in [3.8, 4) is 5.69 Å². The van der Waals surface area contributed by atoms with Crippen LogP contribution in [0.1, 0.15) is 5.69 Å². The summed E-state index contributed by atoms with van der Waals surface area (Å²) < 4.78 is 2.66. The highest BCUT2D eigenvalue weighted by molar-refractivity contribution is 7.98. The molecule has 0 radical (unpaired) electrons. The van der Waals surface area contributed by atoms with E-state index in [-0.39, 0.29) is 0 Å². The van der Waals surface area contributed by atoms with Crippen LogP contribution in [-0.4, -0.2) is 20.8 Å². The van der Waals surface area contributed by atoms with Crippen molar-refractivity contribution in [2.24, 2.45) is 0 Å². The number of fused-ring (bicyclic) bond motifs is 1. The van der Waals surface area contributed by atoms with Crippen LogP contribution in [0.2, 0.25) is 0 Å². The molecule has 2 heterocycles. The summed E-state index contributed by atoms with van der Waals surface area (Å²) in [5, 5.41) is 0. The van der Waals surface area contributed by atoms with Gasteiger partial charge in [0, 0.05) is 10.6 Å². The molecule has 1 aromatic carbocycles. The van der Waals surface area contributed by atoms with Gasteiger partial charge in [0.05, 0.1) is 11.2 Å². The van der Waals surface area contributed by atoms with Gasteiger partial charge >= 0.3 is 0 Å². The van der Waals surface area contributed by atoms with Crippen LogP contribution in [0, 0.1) is 11.7 Å². The van der Waals surface area contributed by atoms with Gasteiger partial charge in [0.25, 0.3) is 0 Å². The summed E-state index contributed by atoms with van der Waals surface area (Å²) in [7, 11) is 0. The van der Waals surface area contributed by atoms with Gasteiger partial charge in [0.2, 0.25) is 0 Å². The van der Waals surface area contributed by atoms with Gasteiger partial charge in [-0.3, -0.25) is 4.57 Å². The van der Waals surface area contributed by atoms with E-state index >= 15 is 0 Å². The second-order valence-corrected chi connectivity index (χ2v) is 5.56. The number of hydrogen-bond acceptors (Lipinski definition) is 3. The van der Waals surface area contributed by atoms with Crippen molar-refractivity contribution in [3.63, 3.8) is 0 Å². The SMILES string of the molecule is CSc1cccc(-n2c(=S)[nH]c3ccc(C)nc32)c1. The Morgan fingerprint density at radius 3 is 2.89 bits per heavy atom. The zero-order valence-electron chi connectivity index (χ0n) is 10.7. The Kier molecular flexibility index (Phi) is 3.16. The van der Waals surface area contributed by atoms with Gasteiger partial charge in [0.15, 0.2) is 10.4 Å². The number of aromatic amines is 1. The van der Waals surface area contributed by atoms with Gasteiger partial charge in [-0.1, -0.05) is 6.07 Å². The van der Waals surface area contributed by atoms with E-state index in [1.165, 1.54) is 4.90 Å². The highest BCUT2D eigenvalue weighted by Crippen LogP contribution is 2.22. The molecule has 0 saturated carbocycles. The van der Waals surface area contributed by atoms with Crippen molar-refractivity contribution in [2.45, 2.75) is 11.8 Å². The lowest BCUT2D eigenvalue weighted by Crippen LogP contribution is -1.96. The number of nitrogens with zero attached hydrogens (tertiary/aromatic N) is 2. The highest BCUT2D eigenvalue weighted by atomic mass is 32.2. The Hall–Kier alpha value is -1.59. The van der Waals surface area contributed by atoms with Gasteiger partial charge in [-0.05, 0) is 55.7 Å². The van der Waals surface area contributed by atoms with Gasteiger partial charge in [0.1, 0.15) is 0 Å². The maximum absolute atomic E-state index is 5.42. The summed E-state index contributed by atoms with van der Waals surface area (Å²) in [5.41, 5.74) is 3.87. The standard InChI is InChI=1S/C14H13N3S2/c1-9-6-7-12-13(15-9)17(14(18)16-12)10-4-3-5-11(8-10)19-2/h3-8H,1-2H3,(H,16,18). The van der Waals surface area contributed by atoms with Crippen molar-refractivity contribution in [3.05, 3.63) is 46.9 Å². The van der Waals surface area contributed by atoms with Crippen LogP contribution in [0.15, 0.2) is 41.3 Å². The molecule has 3 rings (SSSR count). The van der Waals surface area contributed by atoms with Crippen LogP contribution < -0.4 is 0 Å². The van der Waals surface area contributed by atoms with Crippen LogP contribution in [0.3, 0.4) is 0 Å². The summed E-state index contributed by atoms with van der Waals surface area (Å²) >= 11 is 7.14. The fourth-order valence-electron chi connectivity index (χ4n) is 2.07. The third kappa shape index (κ3) is 2.19. The molecule has 2 aromatic heterocycles. The molecular weight excluding hydrogens is 274 g/mol. The fourth-order valence-corrected chi connectivity index (χ4v) is 2.82. The molecule has 0 saturated heterocycles. The Labute approximate surface area is 120 Å². The first kappa shape index (κ1) is 12.4. The van der Waals surface area contributed by atoms with Crippen LogP contribution in [0.4, 0.5) is 0 Å². The number of thioether (sulfide) groups is 1. The van der Waals surface area contributed by atoms with Crippen LogP contribution in [0.5, 0.6) is 0 Å². The van der Waals surface area contributed by atoms with Crippen molar-refractivity contribution in [2.75, 3.05) is 6.26 Å². The quantitative estimate of drug-likeness (QED) is 0.569. The molecule has 0 aliphatic carbocycles. The Morgan fingerprint density at radius 2 is 2.11 bits per heavy atom. The first-order valence-corrected chi connectivity index (χ1v) is 7.55. The monoisotopic (exact) mass is 287 g/mol. The minimum Gasteiger partial charge on any atom is -0.329 e. The van der Waals surface area contributed by atoms with Crippen LogP contribution in [0.25, 0.3) is 16.9 Å². The molecule has 0 unspecified atom stereocenters. The number of pyridine rings is 1.